The minimum atomic E-state index is -0.0477. The molecule has 0 aliphatic carbocycles. The molecular weight excluding hydrogens is 446 g/mol. The second-order valence-corrected chi connectivity index (χ2v) is 8.24. The smallest absolute Gasteiger partial charge is 0.238 e. The minimum Gasteiger partial charge on any atom is -0.454 e. The van der Waals surface area contributed by atoms with Crippen LogP contribution < -0.4 is 14.8 Å². The van der Waals surface area contributed by atoms with Crippen molar-refractivity contribution in [2.45, 2.75) is 6.54 Å². The van der Waals surface area contributed by atoms with Gasteiger partial charge in [0, 0.05) is 37.2 Å². The van der Waals surface area contributed by atoms with Crippen LogP contribution in [0.25, 0.3) is 0 Å². The number of fused-ring (bicyclic) bond motifs is 1. The highest BCUT2D eigenvalue weighted by atomic mass is 79.9. The zero-order valence-corrected chi connectivity index (χ0v) is 17.6. The molecule has 2 aromatic carbocycles. The molecule has 2 aliphatic rings. The summed E-state index contributed by atoms with van der Waals surface area (Å²) in [5.41, 5.74) is 1.84. The number of rotatable bonds is 5. The fraction of sp³-hybridized carbons (Fsp3) is 0.350. The lowest BCUT2D eigenvalue weighted by atomic mass is 10.1. The van der Waals surface area contributed by atoms with Crippen molar-refractivity contribution in [1.29, 1.82) is 0 Å². The van der Waals surface area contributed by atoms with Gasteiger partial charge in [0.1, 0.15) is 0 Å². The van der Waals surface area contributed by atoms with E-state index in [2.05, 4.69) is 37.1 Å². The van der Waals surface area contributed by atoms with Gasteiger partial charge >= 0.3 is 0 Å². The van der Waals surface area contributed by atoms with Gasteiger partial charge in [0.2, 0.25) is 12.7 Å². The highest BCUT2D eigenvalue weighted by Gasteiger charge is 2.20. The van der Waals surface area contributed by atoms with Gasteiger partial charge in [-0.1, -0.05) is 33.6 Å². The quantitative estimate of drug-likeness (QED) is 0.730. The highest BCUT2D eigenvalue weighted by molar-refractivity contribution is 9.10. The number of hydrogen-bond acceptors (Lipinski definition) is 5. The summed E-state index contributed by atoms with van der Waals surface area (Å²) in [5, 5.41) is 3.41. The molecule has 28 heavy (non-hydrogen) atoms. The molecule has 8 heteroatoms. The summed E-state index contributed by atoms with van der Waals surface area (Å²) in [6.07, 6.45) is 0. The summed E-state index contributed by atoms with van der Waals surface area (Å²) in [4.78, 5) is 16.9. The molecule has 0 atom stereocenters. The Bertz CT molecular complexity index is 872. The van der Waals surface area contributed by atoms with Gasteiger partial charge in [0.15, 0.2) is 11.5 Å². The summed E-state index contributed by atoms with van der Waals surface area (Å²) < 4.78 is 11.7. The molecule has 0 aromatic heterocycles. The van der Waals surface area contributed by atoms with E-state index < -0.39 is 0 Å². The van der Waals surface area contributed by atoms with E-state index in [1.54, 1.807) is 12.1 Å². The van der Waals surface area contributed by atoms with Crippen molar-refractivity contribution in [3.8, 4) is 11.5 Å². The summed E-state index contributed by atoms with van der Waals surface area (Å²) in [6.45, 7) is 5.07. The third-order valence-electron chi connectivity index (χ3n) is 4.88. The fourth-order valence-corrected chi connectivity index (χ4v) is 4.11. The highest BCUT2D eigenvalue weighted by Crippen LogP contribution is 2.33. The average Bonchev–Trinajstić information content (AvgIpc) is 3.13. The first-order valence-corrected chi connectivity index (χ1v) is 10.3. The maximum Gasteiger partial charge on any atom is 0.238 e. The van der Waals surface area contributed by atoms with Crippen molar-refractivity contribution >= 4 is 39.1 Å². The van der Waals surface area contributed by atoms with Gasteiger partial charge in [-0.05, 0) is 35.9 Å². The van der Waals surface area contributed by atoms with Crippen molar-refractivity contribution in [2.24, 2.45) is 0 Å². The average molecular weight is 467 g/mol. The molecular formula is C20H21BrClN3O3. The number of benzene rings is 2. The van der Waals surface area contributed by atoms with Crippen LogP contribution in [0.2, 0.25) is 5.02 Å². The van der Waals surface area contributed by atoms with Gasteiger partial charge in [-0.15, -0.1) is 0 Å². The molecule has 148 valence electrons. The van der Waals surface area contributed by atoms with E-state index in [9.17, 15) is 4.79 Å². The van der Waals surface area contributed by atoms with Gasteiger partial charge in [-0.25, -0.2) is 0 Å². The van der Waals surface area contributed by atoms with E-state index in [0.717, 1.165) is 48.7 Å². The van der Waals surface area contributed by atoms with Gasteiger partial charge in [0.05, 0.1) is 17.3 Å². The van der Waals surface area contributed by atoms with Crippen LogP contribution in [0, 0.1) is 0 Å². The van der Waals surface area contributed by atoms with E-state index in [1.807, 2.05) is 18.2 Å². The standard InChI is InChI=1S/C20H21BrClN3O3/c21-15-2-3-17(16(22)10-15)23-20(26)12-25-7-5-24(6-8-25)11-14-1-4-18-19(9-14)28-13-27-18/h1-4,9-10H,5-8,11-13H2,(H,23,26). The van der Waals surface area contributed by atoms with Crippen LogP contribution in [0.1, 0.15) is 5.56 Å². The lowest BCUT2D eigenvalue weighted by Gasteiger charge is -2.34. The van der Waals surface area contributed by atoms with Crippen LogP contribution in [0.15, 0.2) is 40.9 Å². The van der Waals surface area contributed by atoms with E-state index in [4.69, 9.17) is 21.1 Å². The number of ether oxygens (including phenoxy) is 2. The molecule has 1 saturated heterocycles. The van der Waals surface area contributed by atoms with Crippen LogP contribution in [-0.4, -0.2) is 55.2 Å². The largest absolute Gasteiger partial charge is 0.454 e. The molecule has 0 saturated carbocycles. The van der Waals surface area contributed by atoms with E-state index in [0.29, 0.717) is 24.0 Å². The zero-order valence-electron chi connectivity index (χ0n) is 15.3. The van der Waals surface area contributed by atoms with Gasteiger partial charge in [0.25, 0.3) is 0 Å². The van der Waals surface area contributed by atoms with Crippen molar-refractivity contribution < 1.29 is 14.3 Å². The number of anilines is 1. The molecule has 0 radical (unpaired) electrons. The van der Waals surface area contributed by atoms with Crippen LogP contribution in [-0.2, 0) is 11.3 Å². The normalized spacial score (nSPS) is 16.9. The topological polar surface area (TPSA) is 54.0 Å². The van der Waals surface area contributed by atoms with Gasteiger partial charge in [-0.3, -0.25) is 14.6 Å². The first-order chi connectivity index (χ1) is 13.6. The summed E-state index contributed by atoms with van der Waals surface area (Å²) in [5.74, 6) is 1.58. The predicted molar refractivity (Wildman–Crippen MR) is 112 cm³/mol. The first-order valence-electron chi connectivity index (χ1n) is 9.15. The molecule has 2 aromatic rings. The molecule has 1 fully saturated rings. The number of halogens is 2. The molecule has 1 N–H and O–H groups in total. The number of amides is 1. The number of nitrogens with zero attached hydrogens (tertiary/aromatic N) is 2. The molecule has 0 unspecified atom stereocenters. The predicted octanol–water partition coefficient (Wildman–Crippen LogP) is 3.59. The van der Waals surface area contributed by atoms with Gasteiger partial charge in [-0.2, -0.15) is 0 Å². The van der Waals surface area contributed by atoms with Crippen molar-refractivity contribution in [1.82, 2.24) is 9.80 Å². The van der Waals surface area contributed by atoms with Crippen molar-refractivity contribution in [3.63, 3.8) is 0 Å². The fourth-order valence-electron chi connectivity index (χ4n) is 3.39. The Morgan fingerprint density at radius 2 is 1.79 bits per heavy atom. The summed E-state index contributed by atoms with van der Waals surface area (Å²) in [6, 6.07) is 11.5. The van der Waals surface area contributed by atoms with Crippen LogP contribution in [0.3, 0.4) is 0 Å². The minimum absolute atomic E-state index is 0.0477. The summed E-state index contributed by atoms with van der Waals surface area (Å²) in [7, 11) is 0. The molecule has 2 heterocycles. The van der Waals surface area contributed by atoms with Crippen molar-refractivity contribution in [2.75, 3.05) is 44.8 Å². The number of carbonyl (C=O) groups excluding carboxylic acids is 1. The third kappa shape index (κ3) is 4.78. The second kappa shape index (κ2) is 8.69. The third-order valence-corrected chi connectivity index (χ3v) is 5.69. The first kappa shape index (κ1) is 19.5. The van der Waals surface area contributed by atoms with E-state index >= 15 is 0 Å². The molecule has 1 amide bonds. The number of nitrogens with one attached hydrogen (secondary N) is 1. The molecule has 6 nitrogen and oxygen atoms in total. The van der Waals surface area contributed by atoms with Crippen LogP contribution >= 0.6 is 27.5 Å². The zero-order chi connectivity index (χ0) is 19.5. The monoisotopic (exact) mass is 465 g/mol. The van der Waals surface area contributed by atoms with Crippen LogP contribution in [0.4, 0.5) is 5.69 Å². The van der Waals surface area contributed by atoms with E-state index in [1.165, 1.54) is 5.56 Å². The Kier molecular flexibility index (Phi) is 6.06. The van der Waals surface area contributed by atoms with E-state index in [-0.39, 0.29) is 5.91 Å². The SMILES string of the molecule is O=C(CN1CCN(Cc2ccc3c(c2)OCO3)CC1)Nc1ccc(Br)cc1Cl. The Morgan fingerprint density at radius 3 is 2.57 bits per heavy atom. The molecule has 0 spiro atoms. The lowest BCUT2D eigenvalue weighted by Crippen LogP contribution is -2.48. The maximum absolute atomic E-state index is 12.3. The van der Waals surface area contributed by atoms with Crippen molar-refractivity contribution in [3.05, 3.63) is 51.5 Å². The maximum atomic E-state index is 12.3. The molecule has 4 rings (SSSR count). The second-order valence-electron chi connectivity index (χ2n) is 6.91. The number of piperazine rings is 1. The Hall–Kier alpha value is -1.80. The lowest BCUT2D eigenvalue weighted by molar-refractivity contribution is -0.117. The molecule has 2 aliphatic heterocycles. The van der Waals surface area contributed by atoms with Gasteiger partial charge < -0.3 is 14.8 Å². The number of carbonyl (C=O) groups is 1. The Morgan fingerprint density at radius 1 is 1.04 bits per heavy atom. The molecule has 0 bridgehead atoms. The van der Waals surface area contributed by atoms with Crippen LogP contribution in [0.5, 0.6) is 11.5 Å². The Balaban J connectivity index is 1.24. The Labute approximate surface area is 177 Å². The number of hydrogen-bond donors (Lipinski definition) is 1. The summed E-state index contributed by atoms with van der Waals surface area (Å²) >= 11 is 9.53.